The molecule has 1 N–H and O–H groups in total. The fraction of sp³-hybridized carbons (Fsp3) is 0.353. The van der Waals surface area contributed by atoms with E-state index in [1.807, 2.05) is 24.3 Å². The SMILES string of the molecule is O=C(CN(Cc1cccs1)C1CC1)NCc1cccc(Cl)c1. The first-order valence-electron chi connectivity index (χ1n) is 7.48. The maximum absolute atomic E-state index is 12.2. The Bertz CT molecular complexity index is 625. The number of halogens is 1. The van der Waals surface area contributed by atoms with Crippen molar-refractivity contribution < 1.29 is 4.79 Å². The van der Waals surface area contributed by atoms with E-state index in [4.69, 9.17) is 11.6 Å². The van der Waals surface area contributed by atoms with Crippen LogP contribution >= 0.6 is 22.9 Å². The van der Waals surface area contributed by atoms with Crippen molar-refractivity contribution >= 4 is 28.8 Å². The highest BCUT2D eigenvalue weighted by molar-refractivity contribution is 7.09. The molecule has 0 radical (unpaired) electrons. The Kier molecular flexibility index (Phi) is 5.13. The van der Waals surface area contributed by atoms with Gasteiger partial charge in [0.05, 0.1) is 6.54 Å². The average Bonchev–Trinajstić information content (AvgIpc) is 3.23. The standard InChI is InChI=1S/C17H19ClN2OS/c18-14-4-1-3-13(9-14)10-19-17(21)12-20(15-6-7-15)11-16-5-2-8-22-16/h1-5,8-9,15H,6-7,10-12H2,(H,19,21). The van der Waals surface area contributed by atoms with E-state index in [0.29, 0.717) is 24.2 Å². The summed E-state index contributed by atoms with van der Waals surface area (Å²) in [6, 6.07) is 12.3. The van der Waals surface area contributed by atoms with Crippen LogP contribution in [-0.4, -0.2) is 23.4 Å². The van der Waals surface area contributed by atoms with Crippen LogP contribution < -0.4 is 5.32 Å². The van der Waals surface area contributed by atoms with E-state index in [-0.39, 0.29) is 5.91 Å². The molecule has 1 amide bonds. The summed E-state index contributed by atoms with van der Waals surface area (Å²) in [5.74, 6) is 0.0726. The number of nitrogens with zero attached hydrogens (tertiary/aromatic N) is 1. The van der Waals surface area contributed by atoms with Crippen molar-refractivity contribution in [3.05, 3.63) is 57.2 Å². The zero-order valence-corrected chi connectivity index (χ0v) is 13.9. The van der Waals surface area contributed by atoms with Crippen LogP contribution in [0.4, 0.5) is 0 Å². The number of hydrogen-bond acceptors (Lipinski definition) is 3. The van der Waals surface area contributed by atoms with Gasteiger partial charge in [0.2, 0.25) is 5.91 Å². The van der Waals surface area contributed by atoms with Gasteiger partial charge in [-0.15, -0.1) is 11.3 Å². The van der Waals surface area contributed by atoms with Gasteiger partial charge in [0.25, 0.3) is 0 Å². The number of carbonyl (C=O) groups excluding carboxylic acids is 1. The maximum atomic E-state index is 12.2. The molecule has 0 aliphatic heterocycles. The first-order chi connectivity index (χ1) is 10.7. The summed E-state index contributed by atoms with van der Waals surface area (Å²) in [7, 11) is 0. The van der Waals surface area contributed by atoms with Gasteiger partial charge in [0.15, 0.2) is 0 Å². The molecule has 116 valence electrons. The Morgan fingerprint density at radius 3 is 2.86 bits per heavy atom. The van der Waals surface area contributed by atoms with Crippen LogP contribution in [0.3, 0.4) is 0 Å². The van der Waals surface area contributed by atoms with Crippen molar-refractivity contribution in [2.75, 3.05) is 6.54 Å². The Morgan fingerprint density at radius 2 is 2.18 bits per heavy atom. The lowest BCUT2D eigenvalue weighted by atomic mass is 10.2. The molecule has 1 aliphatic carbocycles. The number of rotatable bonds is 7. The lowest BCUT2D eigenvalue weighted by Gasteiger charge is -2.20. The summed E-state index contributed by atoms with van der Waals surface area (Å²) in [5, 5.41) is 5.76. The molecule has 2 aromatic rings. The summed E-state index contributed by atoms with van der Waals surface area (Å²) >= 11 is 7.70. The van der Waals surface area contributed by atoms with E-state index in [1.165, 1.54) is 17.7 Å². The van der Waals surface area contributed by atoms with Crippen molar-refractivity contribution in [3.63, 3.8) is 0 Å². The topological polar surface area (TPSA) is 32.3 Å². The van der Waals surface area contributed by atoms with Gasteiger partial charge in [-0.05, 0) is 42.0 Å². The third-order valence-electron chi connectivity index (χ3n) is 3.73. The molecule has 1 heterocycles. The van der Waals surface area contributed by atoms with Crippen LogP contribution in [0.5, 0.6) is 0 Å². The van der Waals surface area contributed by atoms with Crippen molar-refractivity contribution in [1.82, 2.24) is 10.2 Å². The second-order valence-corrected chi connectivity index (χ2v) is 7.09. The summed E-state index contributed by atoms with van der Waals surface area (Å²) in [5.41, 5.74) is 1.03. The maximum Gasteiger partial charge on any atom is 0.234 e. The minimum Gasteiger partial charge on any atom is -0.351 e. The second-order valence-electron chi connectivity index (χ2n) is 5.62. The van der Waals surface area contributed by atoms with Gasteiger partial charge >= 0.3 is 0 Å². The van der Waals surface area contributed by atoms with Gasteiger partial charge in [-0.2, -0.15) is 0 Å². The van der Waals surface area contributed by atoms with Crippen LogP contribution in [0.15, 0.2) is 41.8 Å². The zero-order chi connectivity index (χ0) is 15.4. The molecule has 1 aromatic heterocycles. The molecule has 22 heavy (non-hydrogen) atoms. The van der Waals surface area contributed by atoms with Crippen molar-refractivity contribution in [3.8, 4) is 0 Å². The molecule has 3 nitrogen and oxygen atoms in total. The van der Waals surface area contributed by atoms with E-state index in [0.717, 1.165) is 12.1 Å². The average molecular weight is 335 g/mol. The number of hydrogen-bond donors (Lipinski definition) is 1. The summed E-state index contributed by atoms with van der Waals surface area (Å²) in [6.45, 7) is 1.85. The van der Waals surface area contributed by atoms with E-state index < -0.39 is 0 Å². The lowest BCUT2D eigenvalue weighted by molar-refractivity contribution is -0.122. The van der Waals surface area contributed by atoms with Gasteiger partial charge in [0.1, 0.15) is 0 Å². The molecule has 1 saturated carbocycles. The Labute approximate surface area is 139 Å². The normalized spacial score (nSPS) is 14.3. The Hall–Kier alpha value is -1.36. The minimum atomic E-state index is 0.0726. The molecule has 1 fully saturated rings. The monoisotopic (exact) mass is 334 g/mol. The van der Waals surface area contributed by atoms with Crippen molar-refractivity contribution in [1.29, 1.82) is 0 Å². The Balaban J connectivity index is 1.51. The van der Waals surface area contributed by atoms with Crippen molar-refractivity contribution in [2.24, 2.45) is 0 Å². The van der Waals surface area contributed by atoms with Gasteiger partial charge in [-0.1, -0.05) is 29.8 Å². The van der Waals surface area contributed by atoms with Crippen LogP contribution in [0.1, 0.15) is 23.3 Å². The largest absolute Gasteiger partial charge is 0.351 e. The van der Waals surface area contributed by atoms with Crippen molar-refractivity contribution in [2.45, 2.75) is 32.0 Å². The number of nitrogens with one attached hydrogen (secondary N) is 1. The second kappa shape index (κ2) is 7.27. The fourth-order valence-corrected chi connectivity index (χ4v) is 3.39. The molecule has 0 unspecified atom stereocenters. The number of benzene rings is 1. The molecule has 0 atom stereocenters. The third kappa shape index (κ3) is 4.57. The molecule has 5 heteroatoms. The van der Waals surface area contributed by atoms with E-state index in [9.17, 15) is 4.79 Å². The van der Waals surface area contributed by atoms with Gasteiger partial charge in [-0.25, -0.2) is 0 Å². The lowest BCUT2D eigenvalue weighted by Crippen LogP contribution is -2.37. The van der Waals surface area contributed by atoms with E-state index in [2.05, 4.69) is 27.7 Å². The Morgan fingerprint density at radius 1 is 1.32 bits per heavy atom. The summed E-state index contributed by atoms with van der Waals surface area (Å²) < 4.78 is 0. The molecule has 0 bridgehead atoms. The minimum absolute atomic E-state index is 0.0726. The highest BCUT2D eigenvalue weighted by Gasteiger charge is 2.30. The highest BCUT2D eigenvalue weighted by atomic mass is 35.5. The summed E-state index contributed by atoms with van der Waals surface area (Å²) in [4.78, 5) is 15.8. The highest BCUT2D eigenvalue weighted by Crippen LogP contribution is 2.28. The first kappa shape index (κ1) is 15.5. The van der Waals surface area contributed by atoms with Crippen LogP contribution in [0, 0.1) is 0 Å². The molecule has 0 spiro atoms. The van der Waals surface area contributed by atoms with Gasteiger partial charge < -0.3 is 5.32 Å². The zero-order valence-electron chi connectivity index (χ0n) is 12.3. The fourth-order valence-electron chi connectivity index (χ4n) is 2.44. The smallest absolute Gasteiger partial charge is 0.234 e. The first-order valence-corrected chi connectivity index (χ1v) is 8.74. The number of thiophene rings is 1. The number of amides is 1. The van der Waals surface area contributed by atoms with Crippen LogP contribution in [0.25, 0.3) is 0 Å². The van der Waals surface area contributed by atoms with Gasteiger partial charge in [-0.3, -0.25) is 9.69 Å². The van der Waals surface area contributed by atoms with Crippen LogP contribution in [0.2, 0.25) is 5.02 Å². The molecular weight excluding hydrogens is 316 g/mol. The number of carbonyl (C=O) groups is 1. The predicted molar refractivity (Wildman–Crippen MR) is 91.0 cm³/mol. The van der Waals surface area contributed by atoms with E-state index in [1.54, 1.807) is 11.3 Å². The summed E-state index contributed by atoms with van der Waals surface area (Å²) in [6.07, 6.45) is 2.40. The quantitative estimate of drug-likeness (QED) is 0.837. The third-order valence-corrected chi connectivity index (χ3v) is 4.82. The molecule has 0 saturated heterocycles. The predicted octanol–water partition coefficient (Wildman–Crippen LogP) is 3.68. The molecule has 1 aliphatic rings. The van der Waals surface area contributed by atoms with Gasteiger partial charge in [0, 0.05) is 29.0 Å². The molecule has 1 aromatic carbocycles. The molecular formula is C17H19ClN2OS. The van der Waals surface area contributed by atoms with Crippen LogP contribution in [-0.2, 0) is 17.9 Å². The van der Waals surface area contributed by atoms with E-state index >= 15 is 0 Å². The molecule has 3 rings (SSSR count).